The lowest BCUT2D eigenvalue weighted by molar-refractivity contribution is 0.175. The van der Waals surface area contributed by atoms with E-state index in [1.165, 1.54) is 44.7 Å². The smallest absolute Gasteiger partial charge is 0.414 e. The van der Waals surface area contributed by atoms with Crippen molar-refractivity contribution >= 4 is 22.8 Å². The summed E-state index contributed by atoms with van der Waals surface area (Å²) in [6.07, 6.45) is 8.35. The Balaban J connectivity index is 1.64. The van der Waals surface area contributed by atoms with Crippen LogP contribution in [0.25, 0.3) is 11.0 Å². The maximum Gasteiger partial charge on any atom is 0.414 e. The van der Waals surface area contributed by atoms with E-state index in [0.717, 1.165) is 47.4 Å². The topological polar surface area (TPSA) is 71.2 Å². The zero-order valence-electron chi connectivity index (χ0n) is 19.4. The Hall–Kier alpha value is -3.33. The molecule has 1 atom stereocenters. The molecule has 0 N–H and O–H groups in total. The Morgan fingerprint density at radius 1 is 1.12 bits per heavy atom. The number of nitrogens with zero attached hydrogens (tertiary/aromatic N) is 4. The van der Waals surface area contributed by atoms with Crippen LogP contribution in [0.4, 0.5) is 10.5 Å². The predicted octanol–water partition coefficient (Wildman–Crippen LogP) is 5.91. The van der Waals surface area contributed by atoms with E-state index in [2.05, 4.69) is 29.7 Å². The number of anilines is 1. The SMILES string of the molecule is COC(=O)N1c2ccc3c(nc(Cc4ccc(C#N)cc4)n3C3CCCCC3)c2CC[C@@H]1C. The normalized spacial score (nSPS) is 18.7. The van der Waals surface area contributed by atoms with Gasteiger partial charge >= 0.3 is 6.09 Å². The lowest BCUT2D eigenvalue weighted by atomic mass is 9.94. The van der Waals surface area contributed by atoms with E-state index in [-0.39, 0.29) is 12.1 Å². The molecule has 3 aromatic rings. The third-order valence-electron chi connectivity index (χ3n) is 7.28. The predicted molar refractivity (Wildman–Crippen MR) is 128 cm³/mol. The molecule has 2 aromatic carbocycles. The van der Waals surface area contributed by atoms with E-state index in [1.807, 2.05) is 24.3 Å². The van der Waals surface area contributed by atoms with Crippen LogP contribution in [0, 0.1) is 11.3 Å². The lowest BCUT2D eigenvalue weighted by Crippen LogP contribution is -2.42. The quantitative estimate of drug-likeness (QED) is 0.505. The maximum atomic E-state index is 12.5. The molecular formula is C27H30N4O2. The summed E-state index contributed by atoms with van der Waals surface area (Å²) in [5, 5.41) is 9.13. The third kappa shape index (κ3) is 3.86. The van der Waals surface area contributed by atoms with E-state index in [4.69, 9.17) is 15.0 Å². The molecular weight excluding hydrogens is 412 g/mol. The van der Waals surface area contributed by atoms with Gasteiger partial charge in [-0.2, -0.15) is 5.26 Å². The molecule has 6 heteroatoms. The Labute approximate surface area is 194 Å². The molecule has 1 amide bonds. The number of nitriles is 1. The second kappa shape index (κ2) is 8.90. The molecule has 1 aliphatic heterocycles. The standard InChI is InChI=1S/C27H30N4O2/c1-18-8-13-22-23(30(18)27(32)33-2)14-15-24-26(22)29-25(31(24)21-6-4-3-5-7-21)16-19-9-11-20(17-28)12-10-19/h9-12,14-15,18,21H,3-8,13,16H2,1-2H3/t18-/m0/s1. The summed E-state index contributed by atoms with van der Waals surface area (Å²) >= 11 is 0. The third-order valence-corrected chi connectivity index (χ3v) is 7.28. The van der Waals surface area contributed by atoms with Crippen LogP contribution in [0.5, 0.6) is 0 Å². The van der Waals surface area contributed by atoms with Gasteiger partial charge in [-0.05, 0) is 62.4 Å². The van der Waals surface area contributed by atoms with Crippen molar-refractivity contribution in [1.82, 2.24) is 9.55 Å². The van der Waals surface area contributed by atoms with E-state index in [1.54, 1.807) is 4.90 Å². The van der Waals surface area contributed by atoms with Gasteiger partial charge in [-0.1, -0.05) is 31.4 Å². The van der Waals surface area contributed by atoms with Crippen molar-refractivity contribution in [3.05, 3.63) is 58.9 Å². The lowest BCUT2D eigenvalue weighted by Gasteiger charge is -2.34. The number of imidazole rings is 1. The molecule has 1 aromatic heterocycles. The average molecular weight is 443 g/mol. The van der Waals surface area contributed by atoms with Gasteiger partial charge in [-0.3, -0.25) is 4.90 Å². The Kier molecular flexibility index (Phi) is 5.80. The molecule has 0 radical (unpaired) electrons. The van der Waals surface area contributed by atoms with Gasteiger partial charge < -0.3 is 9.30 Å². The number of benzene rings is 2. The van der Waals surface area contributed by atoms with Crippen LogP contribution >= 0.6 is 0 Å². The van der Waals surface area contributed by atoms with Gasteiger partial charge in [0.05, 0.1) is 35.5 Å². The van der Waals surface area contributed by atoms with Crippen molar-refractivity contribution in [2.45, 2.75) is 70.4 Å². The van der Waals surface area contributed by atoms with Crippen molar-refractivity contribution in [2.24, 2.45) is 0 Å². The van der Waals surface area contributed by atoms with Crippen LogP contribution < -0.4 is 4.90 Å². The van der Waals surface area contributed by atoms with Gasteiger partial charge in [-0.15, -0.1) is 0 Å². The molecule has 1 saturated carbocycles. The molecule has 1 fully saturated rings. The number of aromatic nitrogens is 2. The fraction of sp³-hybridized carbons (Fsp3) is 0.444. The highest BCUT2D eigenvalue weighted by Gasteiger charge is 2.32. The van der Waals surface area contributed by atoms with E-state index < -0.39 is 0 Å². The van der Waals surface area contributed by atoms with Crippen LogP contribution in [0.1, 0.15) is 74.0 Å². The summed E-state index contributed by atoms with van der Waals surface area (Å²) < 4.78 is 7.56. The fourth-order valence-electron chi connectivity index (χ4n) is 5.57. The van der Waals surface area contributed by atoms with Crippen molar-refractivity contribution in [2.75, 3.05) is 12.0 Å². The number of aryl methyl sites for hydroxylation is 1. The van der Waals surface area contributed by atoms with Crippen LogP contribution in [0.2, 0.25) is 0 Å². The Morgan fingerprint density at radius 2 is 1.88 bits per heavy atom. The minimum atomic E-state index is -0.313. The molecule has 2 aliphatic rings. The molecule has 33 heavy (non-hydrogen) atoms. The number of fused-ring (bicyclic) bond motifs is 3. The molecule has 6 nitrogen and oxygen atoms in total. The second-order valence-electron chi connectivity index (χ2n) is 9.33. The minimum Gasteiger partial charge on any atom is -0.452 e. The van der Waals surface area contributed by atoms with Crippen molar-refractivity contribution in [3.8, 4) is 6.07 Å². The van der Waals surface area contributed by atoms with Crippen LogP contribution in [0.3, 0.4) is 0 Å². The van der Waals surface area contributed by atoms with Gasteiger partial charge in [0.2, 0.25) is 0 Å². The number of carbonyl (C=O) groups is 1. The number of carbonyl (C=O) groups excluding carboxylic acids is 1. The second-order valence-corrected chi connectivity index (χ2v) is 9.33. The summed E-state index contributed by atoms with van der Waals surface area (Å²) in [7, 11) is 1.44. The monoisotopic (exact) mass is 442 g/mol. The average Bonchev–Trinajstić information content (AvgIpc) is 3.22. The highest BCUT2D eigenvalue weighted by atomic mass is 16.5. The first-order valence-corrected chi connectivity index (χ1v) is 12.0. The summed E-state index contributed by atoms with van der Waals surface area (Å²) in [6, 6.07) is 14.8. The molecule has 2 heterocycles. The van der Waals surface area contributed by atoms with Gasteiger partial charge in [0.25, 0.3) is 0 Å². The Bertz CT molecular complexity index is 1220. The molecule has 1 aliphatic carbocycles. The Morgan fingerprint density at radius 3 is 2.58 bits per heavy atom. The summed E-state index contributed by atoms with van der Waals surface area (Å²) in [5.41, 5.74) is 6.08. The number of rotatable bonds is 3. The van der Waals surface area contributed by atoms with Gasteiger partial charge in [-0.25, -0.2) is 9.78 Å². The van der Waals surface area contributed by atoms with Crippen LogP contribution in [0.15, 0.2) is 36.4 Å². The summed E-state index contributed by atoms with van der Waals surface area (Å²) in [4.78, 5) is 19.5. The van der Waals surface area contributed by atoms with Crippen LogP contribution in [-0.4, -0.2) is 28.8 Å². The first kappa shape index (κ1) is 21.5. The molecule has 0 unspecified atom stereocenters. The number of methoxy groups -OCH3 is 1. The summed E-state index contributed by atoms with van der Waals surface area (Å²) in [5.74, 6) is 1.07. The zero-order chi connectivity index (χ0) is 22.9. The maximum absolute atomic E-state index is 12.5. The number of amides is 1. The van der Waals surface area contributed by atoms with E-state index >= 15 is 0 Å². The van der Waals surface area contributed by atoms with Gasteiger partial charge in [0, 0.05) is 24.1 Å². The zero-order valence-corrected chi connectivity index (χ0v) is 19.4. The van der Waals surface area contributed by atoms with Gasteiger partial charge in [0.1, 0.15) is 5.82 Å². The molecule has 0 saturated heterocycles. The minimum absolute atomic E-state index is 0.0981. The van der Waals surface area contributed by atoms with Crippen molar-refractivity contribution in [1.29, 1.82) is 5.26 Å². The highest BCUT2D eigenvalue weighted by Crippen LogP contribution is 2.39. The van der Waals surface area contributed by atoms with Gasteiger partial charge in [0.15, 0.2) is 0 Å². The van der Waals surface area contributed by atoms with E-state index in [9.17, 15) is 4.79 Å². The number of ether oxygens (including phenoxy) is 1. The highest BCUT2D eigenvalue weighted by molar-refractivity contribution is 5.95. The number of hydrogen-bond acceptors (Lipinski definition) is 4. The fourth-order valence-corrected chi connectivity index (χ4v) is 5.57. The first-order valence-electron chi connectivity index (χ1n) is 12.0. The van der Waals surface area contributed by atoms with Crippen LogP contribution in [-0.2, 0) is 17.6 Å². The van der Waals surface area contributed by atoms with Crippen molar-refractivity contribution < 1.29 is 9.53 Å². The molecule has 5 rings (SSSR count). The molecule has 170 valence electrons. The van der Waals surface area contributed by atoms with Crippen molar-refractivity contribution in [3.63, 3.8) is 0 Å². The molecule has 0 spiro atoms. The first-order chi connectivity index (χ1) is 16.1. The van der Waals surface area contributed by atoms with E-state index in [0.29, 0.717) is 11.6 Å². The largest absolute Gasteiger partial charge is 0.452 e. The molecule has 0 bridgehead atoms. The number of hydrogen-bond donors (Lipinski definition) is 0. The summed E-state index contributed by atoms with van der Waals surface area (Å²) in [6.45, 7) is 2.07.